The lowest BCUT2D eigenvalue weighted by molar-refractivity contribution is -0.392. The zero-order chi connectivity index (χ0) is 30.2. The molecule has 220 valence electrons. The fourth-order valence-corrected chi connectivity index (χ4v) is 6.52. The van der Waals surface area contributed by atoms with Crippen molar-refractivity contribution >= 4 is 17.6 Å². The predicted octanol–water partition coefficient (Wildman–Crippen LogP) is 6.51. The molecule has 4 rings (SSSR count). The van der Waals surface area contributed by atoms with E-state index in [9.17, 15) is 48.9 Å². The molecule has 41 heavy (non-hydrogen) atoms. The molecular formula is C27H20F9NO3S. The number of nitrogens with zero attached hydrogens (tertiary/aromatic N) is 1. The summed E-state index contributed by atoms with van der Waals surface area (Å²) in [5.74, 6) is -3.43. The quantitative estimate of drug-likeness (QED) is 0.166. The predicted molar refractivity (Wildman–Crippen MR) is 128 cm³/mol. The van der Waals surface area contributed by atoms with Crippen molar-refractivity contribution in [2.45, 2.75) is 40.6 Å². The van der Waals surface area contributed by atoms with Crippen molar-refractivity contribution in [2.75, 3.05) is 13.1 Å². The molecule has 1 aliphatic rings. The summed E-state index contributed by atoms with van der Waals surface area (Å²) in [7, 11) is 0. The van der Waals surface area contributed by atoms with Crippen LogP contribution in [0.5, 0.6) is 0 Å². The normalized spacial score (nSPS) is 18.9. The van der Waals surface area contributed by atoms with E-state index in [2.05, 4.69) is 4.74 Å². The molecule has 0 aliphatic carbocycles. The van der Waals surface area contributed by atoms with Crippen LogP contribution in [0.3, 0.4) is 0 Å². The summed E-state index contributed by atoms with van der Waals surface area (Å²) in [6.45, 7) is -1.80. The first-order valence-corrected chi connectivity index (χ1v) is 13.0. The van der Waals surface area contributed by atoms with Gasteiger partial charge in [-0.15, -0.1) is 0 Å². The standard InChI is InChI=1S/C27H20F9NO3S/c28-19-8-10-20(11-9-19)41(39)24(12-13-37(15-24)16-38)17-4-6-18(7-5-17)25(26(31,32)33,27(34,35)36)40-14-21-22(29)2-1-3-23(21)30/h1-11,16H,12-15H2/t24-,41?/m0/s1. The van der Waals surface area contributed by atoms with Gasteiger partial charge in [-0.1, -0.05) is 30.3 Å². The third-order valence-corrected chi connectivity index (χ3v) is 8.88. The van der Waals surface area contributed by atoms with E-state index in [4.69, 9.17) is 0 Å². The van der Waals surface area contributed by atoms with Gasteiger partial charge in [-0.3, -0.25) is 4.79 Å². The van der Waals surface area contributed by atoms with E-state index in [0.717, 1.165) is 30.3 Å². The second-order valence-electron chi connectivity index (χ2n) is 9.29. The fourth-order valence-electron chi connectivity index (χ4n) is 4.77. The van der Waals surface area contributed by atoms with E-state index < -0.39 is 69.1 Å². The van der Waals surface area contributed by atoms with Crippen LogP contribution >= 0.6 is 0 Å². The summed E-state index contributed by atoms with van der Waals surface area (Å²) >= 11 is -2.02. The molecule has 3 aromatic rings. The lowest BCUT2D eigenvalue weighted by Gasteiger charge is -2.38. The minimum absolute atomic E-state index is 0.0296. The van der Waals surface area contributed by atoms with Crippen LogP contribution in [0.1, 0.15) is 23.1 Å². The Morgan fingerprint density at radius 2 is 1.44 bits per heavy atom. The Morgan fingerprint density at radius 1 is 0.878 bits per heavy atom. The highest BCUT2D eigenvalue weighted by molar-refractivity contribution is 7.92. The molecule has 1 unspecified atom stereocenters. The summed E-state index contributed by atoms with van der Waals surface area (Å²) in [6, 6.07) is 9.50. The Hall–Kier alpha value is -3.23. The average molecular weight is 610 g/mol. The summed E-state index contributed by atoms with van der Waals surface area (Å²) < 4.78 is 144. The molecule has 1 heterocycles. The second kappa shape index (κ2) is 11.2. The molecule has 3 aromatic carbocycles. The second-order valence-corrected chi connectivity index (χ2v) is 11.1. The third kappa shape index (κ3) is 5.52. The third-order valence-electron chi connectivity index (χ3n) is 6.90. The summed E-state index contributed by atoms with van der Waals surface area (Å²) in [5.41, 5.74) is -7.51. The molecule has 1 aliphatic heterocycles. The fraction of sp³-hybridized carbons (Fsp3) is 0.296. The van der Waals surface area contributed by atoms with Crippen LogP contribution in [0.4, 0.5) is 39.5 Å². The molecule has 1 amide bonds. The first-order valence-electron chi connectivity index (χ1n) is 11.8. The molecule has 14 heteroatoms. The zero-order valence-corrected chi connectivity index (χ0v) is 21.6. The molecule has 0 aromatic heterocycles. The van der Waals surface area contributed by atoms with Crippen molar-refractivity contribution < 1.29 is 53.6 Å². The highest BCUT2D eigenvalue weighted by atomic mass is 32.2. The molecule has 4 nitrogen and oxygen atoms in total. The molecule has 1 fully saturated rings. The van der Waals surface area contributed by atoms with Crippen molar-refractivity contribution in [1.29, 1.82) is 0 Å². The van der Waals surface area contributed by atoms with Gasteiger partial charge in [0.05, 0.1) is 13.2 Å². The number of amides is 1. The number of hydrogen-bond acceptors (Lipinski definition) is 3. The Kier molecular flexibility index (Phi) is 8.40. The minimum atomic E-state index is -6.13. The van der Waals surface area contributed by atoms with Crippen molar-refractivity contribution in [3.05, 3.63) is 101 Å². The van der Waals surface area contributed by atoms with Crippen LogP contribution in [-0.2, 0) is 37.7 Å². The van der Waals surface area contributed by atoms with Gasteiger partial charge in [0.1, 0.15) is 17.5 Å². The highest BCUT2D eigenvalue weighted by Crippen LogP contribution is 2.54. The van der Waals surface area contributed by atoms with Gasteiger partial charge in [0, 0.05) is 29.7 Å². The van der Waals surface area contributed by atoms with Gasteiger partial charge < -0.3 is 14.2 Å². The maximum Gasteiger partial charge on any atom is 0.430 e. The Bertz CT molecular complexity index is 1350. The largest absolute Gasteiger partial charge is 0.611 e. The average Bonchev–Trinajstić information content (AvgIpc) is 3.35. The molecule has 0 N–H and O–H groups in total. The molecule has 0 saturated carbocycles. The van der Waals surface area contributed by atoms with Crippen LogP contribution in [0.2, 0.25) is 0 Å². The molecule has 0 spiro atoms. The van der Waals surface area contributed by atoms with E-state index in [0.29, 0.717) is 30.7 Å². The summed E-state index contributed by atoms with van der Waals surface area (Å²) in [6.07, 6.45) is -11.8. The van der Waals surface area contributed by atoms with E-state index >= 15 is 0 Å². The number of hydrogen-bond donors (Lipinski definition) is 0. The Labute approximate surface area is 230 Å². The topological polar surface area (TPSA) is 52.6 Å². The van der Waals surface area contributed by atoms with Crippen molar-refractivity contribution in [3.8, 4) is 0 Å². The molecule has 1 saturated heterocycles. The number of carbonyl (C=O) groups excluding carboxylic acids is 1. The van der Waals surface area contributed by atoms with E-state index in [1.807, 2.05) is 0 Å². The number of alkyl halides is 6. The maximum atomic E-state index is 14.3. The number of rotatable bonds is 8. The van der Waals surface area contributed by atoms with Gasteiger partial charge in [-0.25, -0.2) is 13.2 Å². The van der Waals surface area contributed by atoms with E-state index in [1.54, 1.807) is 0 Å². The van der Waals surface area contributed by atoms with Crippen molar-refractivity contribution in [2.24, 2.45) is 0 Å². The first kappa shape index (κ1) is 30.7. The van der Waals surface area contributed by atoms with Crippen LogP contribution in [0.25, 0.3) is 0 Å². The number of ether oxygens (including phenoxy) is 1. The van der Waals surface area contributed by atoms with Crippen molar-refractivity contribution in [3.63, 3.8) is 0 Å². The number of carbonyl (C=O) groups is 1. The van der Waals surface area contributed by atoms with Gasteiger partial charge >= 0.3 is 12.4 Å². The summed E-state index contributed by atoms with van der Waals surface area (Å²) in [4.78, 5) is 12.8. The van der Waals surface area contributed by atoms with Gasteiger partial charge in [0.15, 0.2) is 9.64 Å². The monoisotopic (exact) mass is 609 g/mol. The Morgan fingerprint density at radius 3 is 1.93 bits per heavy atom. The first-order chi connectivity index (χ1) is 19.2. The smallest absolute Gasteiger partial charge is 0.430 e. The maximum absolute atomic E-state index is 14.3. The van der Waals surface area contributed by atoms with E-state index in [1.165, 1.54) is 17.0 Å². The van der Waals surface area contributed by atoms with Gasteiger partial charge in [-0.2, -0.15) is 26.3 Å². The number of halogens is 9. The molecule has 2 atom stereocenters. The van der Waals surface area contributed by atoms with Crippen LogP contribution in [0, 0.1) is 17.5 Å². The highest BCUT2D eigenvalue weighted by Gasteiger charge is 2.73. The molecule has 0 bridgehead atoms. The van der Waals surface area contributed by atoms with Crippen molar-refractivity contribution in [1.82, 2.24) is 4.90 Å². The lowest BCUT2D eigenvalue weighted by Crippen LogP contribution is -2.56. The number of benzene rings is 3. The summed E-state index contributed by atoms with van der Waals surface area (Å²) in [5, 5.41) is 0. The number of likely N-dealkylation sites (tertiary alicyclic amines) is 1. The van der Waals surface area contributed by atoms with Crippen LogP contribution in [-0.4, -0.2) is 41.3 Å². The van der Waals surface area contributed by atoms with Gasteiger partial charge in [0.2, 0.25) is 6.41 Å². The zero-order valence-electron chi connectivity index (χ0n) is 20.7. The molecule has 0 radical (unpaired) electrons. The van der Waals surface area contributed by atoms with E-state index in [-0.39, 0.29) is 30.0 Å². The SMILES string of the molecule is O=CN1CC[C@](c2ccc(C(OCc3c(F)cccc3F)(C(F)(F)F)C(F)(F)F)cc2)([S+]([O-])c2ccc(F)cc2)C1. The Balaban J connectivity index is 1.80. The van der Waals surface area contributed by atoms with Gasteiger partial charge in [0.25, 0.3) is 5.60 Å². The lowest BCUT2D eigenvalue weighted by atomic mass is 9.88. The van der Waals surface area contributed by atoms with Crippen LogP contribution in [0.15, 0.2) is 71.6 Å². The minimum Gasteiger partial charge on any atom is -0.611 e. The van der Waals surface area contributed by atoms with Gasteiger partial charge in [-0.05, 0) is 47.6 Å². The molecular weight excluding hydrogens is 589 g/mol. The van der Waals surface area contributed by atoms with Crippen LogP contribution < -0.4 is 0 Å².